The number of methoxy groups -OCH3 is 1. The summed E-state index contributed by atoms with van der Waals surface area (Å²) in [5.74, 6) is -2.69. The second kappa shape index (κ2) is 4.80. The molecular formula is C10H12FNO4. The molecule has 0 aliphatic heterocycles. The third-order valence-corrected chi connectivity index (χ3v) is 2.08. The van der Waals surface area contributed by atoms with Gasteiger partial charge in [-0.1, -0.05) is 0 Å². The van der Waals surface area contributed by atoms with E-state index in [1.54, 1.807) is 0 Å². The van der Waals surface area contributed by atoms with Gasteiger partial charge in [-0.25, -0.2) is 4.39 Å². The number of rotatable bonds is 4. The third kappa shape index (κ3) is 2.60. The van der Waals surface area contributed by atoms with Crippen LogP contribution in [0.3, 0.4) is 0 Å². The summed E-state index contributed by atoms with van der Waals surface area (Å²) in [5, 5.41) is 17.8. The van der Waals surface area contributed by atoms with Crippen LogP contribution in [-0.2, 0) is 11.2 Å². The highest BCUT2D eigenvalue weighted by Crippen LogP contribution is 2.30. The predicted molar refractivity (Wildman–Crippen MR) is 53.9 cm³/mol. The van der Waals surface area contributed by atoms with Crippen molar-refractivity contribution in [2.75, 3.05) is 7.11 Å². The normalized spacial score (nSPS) is 12.2. The first-order valence-corrected chi connectivity index (χ1v) is 4.49. The summed E-state index contributed by atoms with van der Waals surface area (Å²) in [5.41, 5.74) is 5.65. The van der Waals surface area contributed by atoms with Crippen molar-refractivity contribution in [3.05, 3.63) is 23.5 Å². The molecule has 1 aromatic rings. The summed E-state index contributed by atoms with van der Waals surface area (Å²) < 4.78 is 17.9. The zero-order valence-corrected chi connectivity index (χ0v) is 8.61. The standard InChI is InChI=1S/C10H12FNO4/c1-16-8-4-5(2-6(11)9(8)13)3-7(12)10(14)15/h2,4,7,13H,3,12H2,1H3,(H,14,15)/t7-/m0/s1. The molecule has 88 valence electrons. The van der Waals surface area contributed by atoms with E-state index in [1.807, 2.05) is 0 Å². The Labute approximate surface area is 91.3 Å². The quantitative estimate of drug-likeness (QED) is 0.698. The number of carboxylic acid groups (broad SMARTS) is 1. The van der Waals surface area contributed by atoms with Gasteiger partial charge in [-0.15, -0.1) is 0 Å². The van der Waals surface area contributed by atoms with Crippen LogP contribution in [0.5, 0.6) is 11.5 Å². The molecule has 0 amide bonds. The molecule has 0 unspecified atom stereocenters. The minimum atomic E-state index is -1.17. The number of ether oxygens (including phenoxy) is 1. The van der Waals surface area contributed by atoms with E-state index in [0.717, 1.165) is 6.07 Å². The number of halogens is 1. The zero-order valence-electron chi connectivity index (χ0n) is 8.61. The van der Waals surface area contributed by atoms with E-state index in [9.17, 15) is 14.3 Å². The van der Waals surface area contributed by atoms with E-state index in [-0.39, 0.29) is 12.2 Å². The van der Waals surface area contributed by atoms with Crippen molar-refractivity contribution in [1.29, 1.82) is 0 Å². The highest BCUT2D eigenvalue weighted by atomic mass is 19.1. The van der Waals surface area contributed by atoms with E-state index < -0.39 is 23.6 Å². The maximum atomic E-state index is 13.2. The van der Waals surface area contributed by atoms with Crippen LogP contribution in [0.2, 0.25) is 0 Å². The molecule has 4 N–H and O–H groups in total. The number of aromatic hydroxyl groups is 1. The first-order chi connectivity index (χ1) is 7.45. The predicted octanol–water partition coefficient (Wildman–Crippen LogP) is 0.494. The lowest BCUT2D eigenvalue weighted by molar-refractivity contribution is -0.138. The van der Waals surface area contributed by atoms with E-state index in [0.29, 0.717) is 5.56 Å². The fourth-order valence-corrected chi connectivity index (χ4v) is 1.24. The molecule has 0 bridgehead atoms. The number of carboxylic acids is 1. The van der Waals surface area contributed by atoms with Crippen molar-refractivity contribution in [2.24, 2.45) is 5.73 Å². The first-order valence-electron chi connectivity index (χ1n) is 4.49. The first kappa shape index (κ1) is 12.3. The minimum absolute atomic E-state index is 0.0388. The minimum Gasteiger partial charge on any atom is -0.502 e. The number of hydrogen-bond acceptors (Lipinski definition) is 4. The summed E-state index contributed by atoms with van der Waals surface area (Å²) in [7, 11) is 1.27. The van der Waals surface area contributed by atoms with Gasteiger partial charge < -0.3 is 20.7 Å². The molecule has 0 aliphatic rings. The average molecular weight is 229 g/mol. The van der Waals surface area contributed by atoms with Crippen molar-refractivity contribution in [2.45, 2.75) is 12.5 Å². The number of phenols is 1. The summed E-state index contributed by atoms with van der Waals surface area (Å²) in [4.78, 5) is 10.5. The monoisotopic (exact) mass is 229 g/mol. The van der Waals surface area contributed by atoms with E-state index >= 15 is 0 Å². The lowest BCUT2D eigenvalue weighted by Gasteiger charge is -2.10. The lowest BCUT2D eigenvalue weighted by atomic mass is 10.1. The Balaban J connectivity index is 2.98. The Morgan fingerprint density at radius 3 is 2.75 bits per heavy atom. The Hall–Kier alpha value is -1.82. The molecule has 0 saturated heterocycles. The van der Waals surface area contributed by atoms with Crippen LogP contribution in [-0.4, -0.2) is 29.3 Å². The number of aliphatic carboxylic acids is 1. The molecule has 0 spiro atoms. The molecule has 5 nitrogen and oxygen atoms in total. The maximum Gasteiger partial charge on any atom is 0.320 e. The number of nitrogens with two attached hydrogens (primary N) is 1. The van der Waals surface area contributed by atoms with Gasteiger partial charge in [0.25, 0.3) is 0 Å². The van der Waals surface area contributed by atoms with E-state index in [4.69, 9.17) is 15.6 Å². The van der Waals surface area contributed by atoms with Gasteiger partial charge in [0.2, 0.25) is 0 Å². The van der Waals surface area contributed by atoms with E-state index in [2.05, 4.69) is 0 Å². The van der Waals surface area contributed by atoms with Crippen LogP contribution in [0.1, 0.15) is 5.56 Å². The highest BCUT2D eigenvalue weighted by molar-refractivity contribution is 5.73. The van der Waals surface area contributed by atoms with Gasteiger partial charge >= 0.3 is 5.97 Å². The summed E-state index contributed by atoms with van der Waals surface area (Å²) in [6.45, 7) is 0. The molecule has 1 atom stereocenters. The van der Waals surface area contributed by atoms with E-state index in [1.165, 1.54) is 13.2 Å². The van der Waals surface area contributed by atoms with Crippen LogP contribution >= 0.6 is 0 Å². The zero-order chi connectivity index (χ0) is 12.3. The van der Waals surface area contributed by atoms with Crippen LogP contribution in [0.4, 0.5) is 4.39 Å². The van der Waals surface area contributed by atoms with Gasteiger partial charge in [-0.05, 0) is 24.1 Å². The Bertz CT molecular complexity index is 408. The second-order valence-corrected chi connectivity index (χ2v) is 3.28. The number of benzene rings is 1. The van der Waals surface area contributed by atoms with Crippen LogP contribution in [0, 0.1) is 5.82 Å². The molecule has 0 fully saturated rings. The van der Waals surface area contributed by atoms with Crippen LogP contribution in [0.25, 0.3) is 0 Å². The van der Waals surface area contributed by atoms with Gasteiger partial charge in [-0.2, -0.15) is 0 Å². The van der Waals surface area contributed by atoms with Gasteiger partial charge in [0, 0.05) is 0 Å². The maximum absolute atomic E-state index is 13.2. The number of phenolic OH excluding ortho intramolecular Hbond substituents is 1. The molecule has 6 heteroatoms. The van der Waals surface area contributed by atoms with Crippen molar-refractivity contribution in [3.63, 3.8) is 0 Å². The van der Waals surface area contributed by atoms with Crippen molar-refractivity contribution >= 4 is 5.97 Å². The smallest absolute Gasteiger partial charge is 0.320 e. The molecule has 0 radical (unpaired) electrons. The van der Waals surface area contributed by atoms with Gasteiger partial charge in [0.05, 0.1) is 7.11 Å². The third-order valence-electron chi connectivity index (χ3n) is 2.08. The largest absolute Gasteiger partial charge is 0.502 e. The Morgan fingerprint density at radius 1 is 1.62 bits per heavy atom. The van der Waals surface area contributed by atoms with Crippen LogP contribution < -0.4 is 10.5 Å². The fourth-order valence-electron chi connectivity index (χ4n) is 1.24. The molecule has 0 aromatic heterocycles. The number of carbonyl (C=O) groups is 1. The van der Waals surface area contributed by atoms with Crippen molar-refractivity contribution < 1.29 is 24.1 Å². The molecule has 1 aromatic carbocycles. The lowest BCUT2D eigenvalue weighted by Crippen LogP contribution is -2.32. The molecule has 0 aliphatic carbocycles. The second-order valence-electron chi connectivity index (χ2n) is 3.28. The van der Waals surface area contributed by atoms with Gasteiger partial charge in [0.15, 0.2) is 17.3 Å². The SMILES string of the molecule is COc1cc(C[C@H](N)C(=O)O)cc(F)c1O. The van der Waals surface area contributed by atoms with Gasteiger partial charge in [-0.3, -0.25) is 4.79 Å². The van der Waals surface area contributed by atoms with Crippen molar-refractivity contribution in [1.82, 2.24) is 0 Å². The Kier molecular flexibility index (Phi) is 3.68. The average Bonchev–Trinajstić information content (AvgIpc) is 2.22. The van der Waals surface area contributed by atoms with Gasteiger partial charge in [0.1, 0.15) is 6.04 Å². The molecule has 1 rings (SSSR count). The molecule has 0 heterocycles. The summed E-state index contributed by atoms with van der Waals surface area (Å²) in [6, 6.07) is 1.26. The Morgan fingerprint density at radius 2 is 2.25 bits per heavy atom. The summed E-state index contributed by atoms with van der Waals surface area (Å²) in [6.07, 6.45) is -0.0388. The molecule has 0 saturated carbocycles. The highest BCUT2D eigenvalue weighted by Gasteiger charge is 2.16. The number of hydrogen-bond donors (Lipinski definition) is 3. The molecular weight excluding hydrogens is 217 g/mol. The summed E-state index contributed by atoms with van der Waals surface area (Å²) >= 11 is 0. The van der Waals surface area contributed by atoms with Crippen LogP contribution in [0.15, 0.2) is 12.1 Å². The topological polar surface area (TPSA) is 92.8 Å². The van der Waals surface area contributed by atoms with Crippen molar-refractivity contribution in [3.8, 4) is 11.5 Å². The molecule has 16 heavy (non-hydrogen) atoms. The fraction of sp³-hybridized carbons (Fsp3) is 0.300.